The van der Waals surface area contributed by atoms with E-state index >= 15 is 0 Å². The summed E-state index contributed by atoms with van der Waals surface area (Å²) in [7, 11) is 0. The lowest BCUT2D eigenvalue weighted by Gasteiger charge is -2.11. The van der Waals surface area contributed by atoms with Crippen molar-refractivity contribution >= 4 is 29.2 Å². The molecule has 0 aromatic heterocycles. The van der Waals surface area contributed by atoms with E-state index in [1.54, 1.807) is 12.1 Å². The minimum atomic E-state index is -1.29. The number of hydrogen-bond acceptors (Lipinski definition) is 4. The number of ether oxygens (including phenoxy) is 1. The van der Waals surface area contributed by atoms with E-state index < -0.39 is 11.9 Å². The van der Waals surface area contributed by atoms with Crippen molar-refractivity contribution in [3.63, 3.8) is 0 Å². The molecule has 0 aliphatic heterocycles. The number of carboxylic acid groups (broad SMARTS) is 1. The zero-order chi connectivity index (χ0) is 17.9. The van der Waals surface area contributed by atoms with Crippen LogP contribution in [0.2, 0.25) is 5.02 Å². The number of carbonyl (C=O) groups excluding carboxylic acids is 1. The Morgan fingerprint density at radius 2 is 1.79 bits per heavy atom. The van der Waals surface area contributed by atoms with Crippen LogP contribution in [-0.4, -0.2) is 28.7 Å². The Kier molecular flexibility index (Phi) is 5.31. The first-order chi connectivity index (χ1) is 11.3. The van der Waals surface area contributed by atoms with Crippen LogP contribution in [0.5, 0.6) is 11.5 Å². The summed E-state index contributed by atoms with van der Waals surface area (Å²) in [5, 5.41) is 21.5. The molecule has 24 heavy (non-hydrogen) atoms. The molecule has 0 saturated carbocycles. The van der Waals surface area contributed by atoms with Crippen molar-refractivity contribution in [2.45, 2.75) is 13.8 Å². The van der Waals surface area contributed by atoms with E-state index in [4.69, 9.17) is 21.4 Å². The van der Waals surface area contributed by atoms with Gasteiger partial charge in [0.05, 0.1) is 0 Å². The van der Waals surface area contributed by atoms with Gasteiger partial charge in [-0.1, -0.05) is 11.6 Å². The first-order valence-corrected chi connectivity index (χ1v) is 7.41. The molecule has 0 fully saturated rings. The molecule has 0 atom stereocenters. The first-order valence-electron chi connectivity index (χ1n) is 7.03. The van der Waals surface area contributed by atoms with Gasteiger partial charge in [-0.3, -0.25) is 4.79 Å². The van der Waals surface area contributed by atoms with E-state index in [1.807, 2.05) is 13.8 Å². The van der Waals surface area contributed by atoms with E-state index in [-0.39, 0.29) is 23.6 Å². The van der Waals surface area contributed by atoms with Crippen molar-refractivity contribution in [1.29, 1.82) is 0 Å². The second-order valence-electron chi connectivity index (χ2n) is 5.24. The van der Waals surface area contributed by atoms with Crippen molar-refractivity contribution in [1.82, 2.24) is 0 Å². The Bertz CT molecular complexity index is 781. The van der Waals surface area contributed by atoms with Gasteiger partial charge in [0.1, 0.15) is 17.1 Å². The fourth-order valence-electron chi connectivity index (χ4n) is 2.12. The molecule has 0 heterocycles. The van der Waals surface area contributed by atoms with Crippen LogP contribution in [-0.2, 0) is 4.79 Å². The lowest BCUT2D eigenvalue weighted by Crippen LogP contribution is -2.20. The molecule has 0 spiro atoms. The number of rotatable bonds is 5. The van der Waals surface area contributed by atoms with E-state index in [1.165, 1.54) is 18.2 Å². The molecule has 0 aliphatic rings. The molecule has 0 unspecified atom stereocenters. The minimum absolute atomic E-state index is 0.246. The van der Waals surface area contributed by atoms with Gasteiger partial charge in [-0.25, -0.2) is 4.79 Å². The van der Waals surface area contributed by atoms with Crippen molar-refractivity contribution < 1.29 is 24.5 Å². The van der Waals surface area contributed by atoms with Gasteiger partial charge >= 0.3 is 5.97 Å². The monoisotopic (exact) mass is 349 g/mol. The third-order valence-corrected chi connectivity index (χ3v) is 3.89. The molecule has 2 rings (SSSR count). The first kappa shape index (κ1) is 17.6. The molecule has 2 aromatic carbocycles. The van der Waals surface area contributed by atoms with Gasteiger partial charge in [-0.05, 0) is 55.3 Å². The molecule has 3 N–H and O–H groups in total. The molecule has 0 radical (unpaired) electrons. The average molecular weight is 350 g/mol. The van der Waals surface area contributed by atoms with E-state index in [0.717, 1.165) is 11.1 Å². The summed E-state index contributed by atoms with van der Waals surface area (Å²) in [6, 6.07) is 7.23. The molecule has 0 bridgehead atoms. The zero-order valence-corrected chi connectivity index (χ0v) is 13.8. The normalized spacial score (nSPS) is 10.3. The number of anilines is 1. The number of carboxylic acids is 1. The van der Waals surface area contributed by atoms with Gasteiger partial charge in [0.25, 0.3) is 5.91 Å². The minimum Gasteiger partial charge on any atom is -0.507 e. The summed E-state index contributed by atoms with van der Waals surface area (Å²) in [4.78, 5) is 22.9. The summed E-state index contributed by atoms with van der Waals surface area (Å²) in [6.07, 6.45) is 0. The zero-order valence-electron chi connectivity index (χ0n) is 13.1. The number of halogens is 1. The Morgan fingerprint density at radius 3 is 2.38 bits per heavy atom. The number of aromatic carboxylic acids is 1. The Hall–Kier alpha value is -2.73. The average Bonchev–Trinajstić information content (AvgIpc) is 2.52. The third kappa shape index (κ3) is 4.17. The third-order valence-electron chi connectivity index (χ3n) is 3.29. The molecule has 2 aromatic rings. The Balaban J connectivity index is 2.01. The van der Waals surface area contributed by atoms with Gasteiger partial charge in [0.15, 0.2) is 6.61 Å². The van der Waals surface area contributed by atoms with Crippen LogP contribution in [0.25, 0.3) is 0 Å². The van der Waals surface area contributed by atoms with Crippen LogP contribution in [0.15, 0.2) is 30.3 Å². The number of amides is 1. The number of hydrogen-bond donors (Lipinski definition) is 3. The number of phenols is 1. The van der Waals surface area contributed by atoms with Crippen LogP contribution in [0.4, 0.5) is 5.69 Å². The van der Waals surface area contributed by atoms with Crippen LogP contribution in [0.1, 0.15) is 21.5 Å². The van der Waals surface area contributed by atoms with Gasteiger partial charge in [-0.2, -0.15) is 0 Å². The number of nitrogens with one attached hydrogen (secondary N) is 1. The highest BCUT2D eigenvalue weighted by atomic mass is 35.5. The molecule has 0 aliphatic carbocycles. The van der Waals surface area contributed by atoms with Gasteiger partial charge in [0.2, 0.25) is 0 Å². The molecule has 7 heteroatoms. The number of aryl methyl sites for hydroxylation is 2. The summed E-state index contributed by atoms with van der Waals surface area (Å²) in [5.41, 5.74) is 1.65. The maximum atomic E-state index is 11.9. The smallest absolute Gasteiger partial charge is 0.339 e. The SMILES string of the molecule is Cc1cc(OCC(=O)Nc2ccc(O)c(C(=O)O)c2)cc(C)c1Cl. The fourth-order valence-corrected chi connectivity index (χ4v) is 2.23. The standard InChI is InChI=1S/C17H16ClNO5/c1-9-5-12(6-10(2)16(9)18)24-8-15(21)19-11-3-4-14(20)13(7-11)17(22)23/h3-7,20H,8H2,1-2H3,(H,19,21)(H,22,23). The molecule has 126 valence electrons. The van der Waals surface area contributed by atoms with Crippen molar-refractivity contribution in [2.24, 2.45) is 0 Å². The highest BCUT2D eigenvalue weighted by molar-refractivity contribution is 6.32. The van der Waals surface area contributed by atoms with E-state index in [2.05, 4.69) is 5.32 Å². The molecule has 0 saturated heterocycles. The summed E-state index contributed by atoms with van der Waals surface area (Å²) in [5.74, 6) is -1.60. The van der Waals surface area contributed by atoms with Gasteiger partial charge < -0.3 is 20.3 Å². The molecule has 6 nitrogen and oxygen atoms in total. The lowest BCUT2D eigenvalue weighted by atomic mass is 10.1. The van der Waals surface area contributed by atoms with E-state index in [0.29, 0.717) is 10.8 Å². The molecule has 1 amide bonds. The highest BCUT2D eigenvalue weighted by Crippen LogP contribution is 2.26. The topological polar surface area (TPSA) is 95.9 Å². The predicted octanol–water partition coefficient (Wildman–Crippen LogP) is 3.38. The lowest BCUT2D eigenvalue weighted by molar-refractivity contribution is -0.118. The number of aromatic hydroxyl groups is 1. The highest BCUT2D eigenvalue weighted by Gasteiger charge is 2.12. The summed E-state index contributed by atoms with van der Waals surface area (Å²) in [6.45, 7) is 3.43. The largest absolute Gasteiger partial charge is 0.507 e. The summed E-state index contributed by atoms with van der Waals surface area (Å²) >= 11 is 6.07. The summed E-state index contributed by atoms with van der Waals surface area (Å²) < 4.78 is 5.42. The molecular formula is C17H16ClNO5. The number of carbonyl (C=O) groups is 2. The predicted molar refractivity (Wildman–Crippen MR) is 90.1 cm³/mol. The van der Waals surface area contributed by atoms with Gasteiger partial charge in [-0.15, -0.1) is 0 Å². The van der Waals surface area contributed by atoms with Crippen LogP contribution >= 0.6 is 11.6 Å². The van der Waals surface area contributed by atoms with Crippen LogP contribution in [0, 0.1) is 13.8 Å². The maximum Gasteiger partial charge on any atom is 0.339 e. The Labute approximate surface area is 143 Å². The van der Waals surface area contributed by atoms with Crippen molar-refractivity contribution in [3.8, 4) is 11.5 Å². The molecular weight excluding hydrogens is 334 g/mol. The second kappa shape index (κ2) is 7.23. The maximum absolute atomic E-state index is 11.9. The number of benzene rings is 2. The van der Waals surface area contributed by atoms with Crippen LogP contribution in [0.3, 0.4) is 0 Å². The van der Waals surface area contributed by atoms with Crippen molar-refractivity contribution in [3.05, 3.63) is 52.0 Å². The van der Waals surface area contributed by atoms with E-state index in [9.17, 15) is 14.7 Å². The second-order valence-corrected chi connectivity index (χ2v) is 5.62. The Morgan fingerprint density at radius 1 is 1.17 bits per heavy atom. The fraction of sp³-hybridized carbons (Fsp3) is 0.176. The van der Waals surface area contributed by atoms with Crippen molar-refractivity contribution in [2.75, 3.05) is 11.9 Å². The van der Waals surface area contributed by atoms with Gasteiger partial charge in [0, 0.05) is 10.7 Å². The quantitative estimate of drug-likeness (QED) is 0.719. The van der Waals surface area contributed by atoms with Crippen LogP contribution < -0.4 is 10.1 Å².